The van der Waals surface area contributed by atoms with Crippen LogP contribution < -0.4 is 11.1 Å². The van der Waals surface area contributed by atoms with E-state index in [0.29, 0.717) is 0 Å². The molecular formula is C13H20N2O. The lowest BCUT2D eigenvalue weighted by atomic mass is 10.1. The van der Waals surface area contributed by atoms with E-state index < -0.39 is 6.04 Å². The first-order chi connectivity index (χ1) is 7.59. The molecule has 0 saturated carbocycles. The first-order valence-electron chi connectivity index (χ1n) is 5.69. The first kappa shape index (κ1) is 12.7. The quantitative estimate of drug-likeness (QED) is 0.789. The Balaban J connectivity index is 2.30. The van der Waals surface area contributed by atoms with Gasteiger partial charge in [-0.2, -0.15) is 0 Å². The summed E-state index contributed by atoms with van der Waals surface area (Å²) in [7, 11) is 0. The molecule has 0 heterocycles. The highest BCUT2D eigenvalue weighted by Crippen LogP contribution is 2.04. The van der Waals surface area contributed by atoms with Gasteiger partial charge in [0.15, 0.2) is 0 Å². The minimum absolute atomic E-state index is 0.0828. The second kappa shape index (κ2) is 6.28. The number of nitrogens with one attached hydrogen (secondary N) is 1. The summed E-state index contributed by atoms with van der Waals surface area (Å²) < 4.78 is 0. The van der Waals surface area contributed by atoms with Crippen LogP contribution in [0.2, 0.25) is 0 Å². The summed E-state index contributed by atoms with van der Waals surface area (Å²) in [5.74, 6) is -0.0828. The molecule has 0 fully saturated rings. The molecule has 3 heteroatoms. The monoisotopic (exact) mass is 220 g/mol. The van der Waals surface area contributed by atoms with E-state index in [0.717, 1.165) is 12.8 Å². The summed E-state index contributed by atoms with van der Waals surface area (Å²) in [4.78, 5) is 11.3. The Morgan fingerprint density at radius 1 is 1.31 bits per heavy atom. The summed E-state index contributed by atoms with van der Waals surface area (Å²) in [6.07, 6.45) is 1.91. The molecule has 0 aliphatic carbocycles. The fourth-order valence-electron chi connectivity index (χ4n) is 1.47. The average Bonchev–Trinajstić information content (AvgIpc) is 2.27. The smallest absolute Gasteiger partial charge is 0.236 e. The van der Waals surface area contributed by atoms with Gasteiger partial charge in [-0.15, -0.1) is 0 Å². The highest BCUT2D eigenvalue weighted by molar-refractivity contribution is 5.81. The molecule has 3 N–H and O–H groups in total. The molecule has 1 unspecified atom stereocenters. The van der Waals surface area contributed by atoms with Crippen LogP contribution in [0.25, 0.3) is 0 Å². The Bertz CT molecular complexity index is 322. The van der Waals surface area contributed by atoms with E-state index in [1.807, 2.05) is 25.1 Å². The normalized spacial score (nSPS) is 14.2. The number of aryl methyl sites for hydroxylation is 1. The number of nitrogens with two attached hydrogens (primary N) is 1. The highest BCUT2D eigenvalue weighted by atomic mass is 16.2. The molecule has 1 amide bonds. The number of rotatable bonds is 5. The number of benzene rings is 1. The van der Waals surface area contributed by atoms with Gasteiger partial charge in [-0.3, -0.25) is 4.79 Å². The number of carbonyl (C=O) groups is 1. The molecule has 88 valence electrons. The van der Waals surface area contributed by atoms with E-state index in [1.54, 1.807) is 6.92 Å². The predicted octanol–water partition coefficient (Wildman–Crippen LogP) is 1.47. The average molecular weight is 220 g/mol. The number of amides is 1. The van der Waals surface area contributed by atoms with Crippen LogP contribution in [0.3, 0.4) is 0 Å². The molecule has 16 heavy (non-hydrogen) atoms. The fourth-order valence-corrected chi connectivity index (χ4v) is 1.47. The Labute approximate surface area is 97.0 Å². The summed E-state index contributed by atoms with van der Waals surface area (Å²) >= 11 is 0. The maximum Gasteiger partial charge on any atom is 0.236 e. The van der Waals surface area contributed by atoms with Crippen molar-refractivity contribution in [2.24, 2.45) is 5.73 Å². The van der Waals surface area contributed by atoms with Gasteiger partial charge < -0.3 is 11.1 Å². The first-order valence-corrected chi connectivity index (χ1v) is 5.69. The third-order valence-corrected chi connectivity index (χ3v) is 2.51. The lowest BCUT2D eigenvalue weighted by molar-refractivity contribution is -0.122. The van der Waals surface area contributed by atoms with Crippen LogP contribution in [-0.4, -0.2) is 18.0 Å². The van der Waals surface area contributed by atoms with Crippen molar-refractivity contribution in [3.8, 4) is 0 Å². The highest BCUT2D eigenvalue weighted by Gasteiger charge is 2.10. The zero-order chi connectivity index (χ0) is 12.0. The third kappa shape index (κ3) is 4.45. The SMILES string of the molecule is CC(N)C(=O)N[C@H](C)CCc1ccccc1. The Morgan fingerprint density at radius 2 is 1.94 bits per heavy atom. The van der Waals surface area contributed by atoms with Crippen molar-refractivity contribution >= 4 is 5.91 Å². The van der Waals surface area contributed by atoms with E-state index in [4.69, 9.17) is 5.73 Å². The van der Waals surface area contributed by atoms with Gasteiger partial charge in [0, 0.05) is 6.04 Å². The molecule has 2 atom stereocenters. The number of hydrogen-bond acceptors (Lipinski definition) is 2. The second-order valence-corrected chi connectivity index (χ2v) is 4.22. The fraction of sp³-hybridized carbons (Fsp3) is 0.462. The molecule has 3 nitrogen and oxygen atoms in total. The van der Waals surface area contributed by atoms with Crippen molar-refractivity contribution in [2.75, 3.05) is 0 Å². The van der Waals surface area contributed by atoms with Crippen molar-refractivity contribution in [3.63, 3.8) is 0 Å². The Kier molecular flexibility index (Phi) is 4.99. The molecule has 0 aliphatic rings. The molecule has 0 spiro atoms. The number of hydrogen-bond donors (Lipinski definition) is 2. The maximum absolute atomic E-state index is 11.3. The lowest BCUT2D eigenvalue weighted by Crippen LogP contribution is -2.42. The predicted molar refractivity (Wildman–Crippen MR) is 66.0 cm³/mol. The molecule has 0 radical (unpaired) electrons. The Morgan fingerprint density at radius 3 is 2.50 bits per heavy atom. The van der Waals surface area contributed by atoms with Gasteiger partial charge in [0.05, 0.1) is 6.04 Å². The summed E-state index contributed by atoms with van der Waals surface area (Å²) in [5.41, 5.74) is 6.78. The van der Waals surface area contributed by atoms with Gasteiger partial charge in [0.25, 0.3) is 0 Å². The van der Waals surface area contributed by atoms with E-state index in [-0.39, 0.29) is 11.9 Å². The van der Waals surface area contributed by atoms with Crippen molar-refractivity contribution in [1.29, 1.82) is 0 Å². The van der Waals surface area contributed by atoms with Gasteiger partial charge in [-0.05, 0) is 32.3 Å². The molecule has 0 aromatic heterocycles. The molecule has 0 saturated heterocycles. The summed E-state index contributed by atoms with van der Waals surface area (Å²) in [5, 5.41) is 2.89. The number of carbonyl (C=O) groups excluding carboxylic acids is 1. The van der Waals surface area contributed by atoms with Crippen LogP contribution >= 0.6 is 0 Å². The molecular weight excluding hydrogens is 200 g/mol. The van der Waals surface area contributed by atoms with E-state index >= 15 is 0 Å². The minimum atomic E-state index is -0.431. The Hall–Kier alpha value is -1.35. The van der Waals surface area contributed by atoms with E-state index in [9.17, 15) is 4.79 Å². The van der Waals surface area contributed by atoms with Crippen molar-refractivity contribution in [3.05, 3.63) is 35.9 Å². The summed E-state index contributed by atoms with van der Waals surface area (Å²) in [6, 6.07) is 9.99. The molecule has 1 rings (SSSR count). The van der Waals surface area contributed by atoms with Crippen LogP contribution in [0, 0.1) is 0 Å². The van der Waals surface area contributed by atoms with Crippen LogP contribution in [0.4, 0.5) is 0 Å². The van der Waals surface area contributed by atoms with E-state index in [1.165, 1.54) is 5.56 Å². The van der Waals surface area contributed by atoms with Gasteiger partial charge in [-0.1, -0.05) is 30.3 Å². The second-order valence-electron chi connectivity index (χ2n) is 4.22. The van der Waals surface area contributed by atoms with Gasteiger partial charge >= 0.3 is 0 Å². The largest absolute Gasteiger partial charge is 0.352 e. The van der Waals surface area contributed by atoms with Crippen molar-refractivity contribution in [1.82, 2.24) is 5.32 Å². The van der Waals surface area contributed by atoms with Gasteiger partial charge in [0.2, 0.25) is 5.91 Å². The van der Waals surface area contributed by atoms with Crippen LogP contribution in [0.15, 0.2) is 30.3 Å². The maximum atomic E-state index is 11.3. The molecule has 1 aromatic rings. The van der Waals surface area contributed by atoms with Gasteiger partial charge in [-0.25, -0.2) is 0 Å². The molecule has 0 bridgehead atoms. The summed E-state index contributed by atoms with van der Waals surface area (Å²) in [6.45, 7) is 3.70. The zero-order valence-electron chi connectivity index (χ0n) is 9.94. The third-order valence-electron chi connectivity index (χ3n) is 2.51. The minimum Gasteiger partial charge on any atom is -0.352 e. The van der Waals surface area contributed by atoms with Gasteiger partial charge in [0.1, 0.15) is 0 Å². The van der Waals surface area contributed by atoms with Crippen LogP contribution in [0.5, 0.6) is 0 Å². The molecule has 1 aromatic carbocycles. The van der Waals surface area contributed by atoms with E-state index in [2.05, 4.69) is 17.4 Å². The lowest BCUT2D eigenvalue weighted by Gasteiger charge is -2.15. The van der Waals surface area contributed by atoms with Crippen molar-refractivity contribution in [2.45, 2.75) is 38.8 Å². The van der Waals surface area contributed by atoms with Crippen LogP contribution in [0.1, 0.15) is 25.8 Å². The van der Waals surface area contributed by atoms with Crippen molar-refractivity contribution < 1.29 is 4.79 Å². The van der Waals surface area contributed by atoms with Crippen LogP contribution in [-0.2, 0) is 11.2 Å². The standard InChI is InChI=1S/C13H20N2O/c1-10(15-13(16)11(2)14)8-9-12-6-4-3-5-7-12/h3-7,10-11H,8-9,14H2,1-2H3,(H,15,16)/t10-,11?/m1/s1. The molecule has 0 aliphatic heterocycles. The topological polar surface area (TPSA) is 55.1 Å². The zero-order valence-corrected chi connectivity index (χ0v) is 9.94.